The minimum Gasteiger partial charge on any atom is -0.378 e. The largest absolute Gasteiger partial charge is 0.378 e. The van der Waals surface area contributed by atoms with Gasteiger partial charge in [0.15, 0.2) is 0 Å². The maximum Gasteiger partial charge on any atom is 0.253 e. The first kappa shape index (κ1) is 16.5. The molecule has 0 spiro atoms. The van der Waals surface area contributed by atoms with Gasteiger partial charge in [-0.05, 0) is 37.6 Å². The van der Waals surface area contributed by atoms with E-state index in [1.807, 2.05) is 56.4 Å². The molecule has 2 heterocycles. The number of morpholine rings is 1. The predicted octanol–water partition coefficient (Wildman–Crippen LogP) is 2.72. The van der Waals surface area contributed by atoms with Crippen molar-refractivity contribution in [1.82, 2.24) is 10.3 Å². The minimum absolute atomic E-state index is 0.0647. The fourth-order valence-corrected chi connectivity index (χ4v) is 2.84. The highest BCUT2D eigenvalue weighted by atomic mass is 16.5. The van der Waals surface area contributed by atoms with E-state index >= 15 is 0 Å². The molecule has 1 N–H and O–H groups in total. The molecule has 0 unspecified atom stereocenters. The monoisotopic (exact) mass is 325 g/mol. The fraction of sp³-hybridized carbons (Fsp3) is 0.368. The molecule has 0 saturated carbocycles. The molecule has 1 saturated heterocycles. The second-order valence-corrected chi connectivity index (χ2v) is 6.04. The van der Waals surface area contributed by atoms with Crippen molar-refractivity contribution in [3.05, 3.63) is 59.4 Å². The number of rotatable bonds is 4. The summed E-state index contributed by atoms with van der Waals surface area (Å²) in [4.78, 5) is 19.3. The number of ether oxygens (including phenoxy) is 1. The number of nitrogens with zero attached hydrogens (tertiary/aromatic N) is 2. The summed E-state index contributed by atoms with van der Waals surface area (Å²) in [5.74, 6) is -0.0647. The Morgan fingerprint density at radius 3 is 2.67 bits per heavy atom. The Balaban J connectivity index is 1.76. The fourth-order valence-electron chi connectivity index (χ4n) is 2.84. The Bertz CT molecular complexity index is 694. The van der Waals surface area contributed by atoms with E-state index in [0.29, 0.717) is 18.8 Å². The molecule has 126 valence electrons. The van der Waals surface area contributed by atoms with E-state index in [1.165, 1.54) is 0 Å². The molecule has 1 aromatic heterocycles. The van der Waals surface area contributed by atoms with Gasteiger partial charge >= 0.3 is 0 Å². The summed E-state index contributed by atoms with van der Waals surface area (Å²) in [6.45, 7) is 6.93. The molecule has 0 bridgehead atoms. The molecule has 1 aliphatic heterocycles. The van der Waals surface area contributed by atoms with Crippen LogP contribution in [0.25, 0.3) is 0 Å². The van der Waals surface area contributed by atoms with E-state index in [0.717, 1.165) is 30.0 Å². The van der Waals surface area contributed by atoms with Crippen LogP contribution in [0, 0.1) is 6.92 Å². The van der Waals surface area contributed by atoms with Crippen LogP contribution in [-0.2, 0) is 4.74 Å². The third kappa shape index (κ3) is 3.74. The molecule has 0 aliphatic carbocycles. The van der Waals surface area contributed by atoms with Gasteiger partial charge < -0.3 is 15.0 Å². The summed E-state index contributed by atoms with van der Waals surface area (Å²) in [5.41, 5.74) is 3.63. The zero-order valence-electron chi connectivity index (χ0n) is 14.2. The summed E-state index contributed by atoms with van der Waals surface area (Å²) in [5, 5.41) is 3.07. The number of hydrogen-bond acceptors (Lipinski definition) is 4. The highest BCUT2D eigenvalue weighted by molar-refractivity contribution is 6.00. The first-order valence-electron chi connectivity index (χ1n) is 8.30. The van der Waals surface area contributed by atoms with Crippen molar-refractivity contribution in [3.8, 4) is 0 Å². The highest BCUT2D eigenvalue weighted by Gasteiger charge is 2.19. The molecule has 1 aliphatic rings. The maximum absolute atomic E-state index is 12.8. The molecule has 3 rings (SSSR count). The van der Waals surface area contributed by atoms with Crippen molar-refractivity contribution in [1.29, 1.82) is 0 Å². The number of carbonyl (C=O) groups is 1. The van der Waals surface area contributed by atoms with Gasteiger partial charge in [0.2, 0.25) is 0 Å². The van der Waals surface area contributed by atoms with Crippen molar-refractivity contribution in [2.45, 2.75) is 19.9 Å². The average Bonchev–Trinajstić information content (AvgIpc) is 2.63. The number of aryl methyl sites for hydroxylation is 1. The number of para-hydroxylation sites is 1. The second kappa shape index (κ2) is 7.45. The standard InChI is InChI=1S/C19H23N3O2/c1-14-7-8-16(13-20-14)15(2)21-19(23)17-5-3-4-6-18(17)22-9-11-24-12-10-22/h3-8,13,15H,9-12H2,1-2H3,(H,21,23)/t15-/m1/s1. The van der Waals surface area contributed by atoms with Gasteiger partial charge in [0.05, 0.1) is 24.8 Å². The molecule has 24 heavy (non-hydrogen) atoms. The smallest absolute Gasteiger partial charge is 0.253 e. The summed E-state index contributed by atoms with van der Waals surface area (Å²) >= 11 is 0. The molecule has 0 radical (unpaired) electrons. The van der Waals surface area contributed by atoms with Crippen LogP contribution >= 0.6 is 0 Å². The topological polar surface area (TPSA) is 54.5 Å². The van der Waals surface area contributed by atoms with Crippen LogP contribution in [0.1, 0.15) is 34.6 Å². The van der Waals surface area contributed by atoms with E-state index in [4.69, 9.17) is 4.74 Å². The summed E-state index contributed by atoms with van der Waals surface area (Å²) in [6.07, 6.45) is 1.81. The van der Waals surface area contributed by atoms with Crippen LogP contribution in [0.5, 0.6) is 0 Å². The Morgan fingerprint density at radius 2 is 1.96 bits per heavy atom. The first-order valence-corrected chi connectivity index (χ1v) is 8.30. The van der Waals surface area contributed by atoms with Crippen LogP contribution in [0.2, 0.25) is 0 Å². The Morgan fingerprint density at radius 1 is 1.21 bits per heavy atom. The van der Waals surface area contributed by atoms with Gasteiger partial charge in [-0.25, -0.2) is 0 Å². The molecule has 5 nitrogen and oxygen atoms in total. The van der Waals surface area contributed by atoms with Gasteiger partial charge in [0, 0.05) is 30.7 Å². The van der Waals surface area contributed by atoms with Gasteiger partial charge in [0.25, 0.3) is 5.91 Å². The molecule has 5 heteroatoms. The predicted molar refractivity (Wildman–Crippen MR) is 94.3 cm³/mol. The summed E-state index contributed by atoms with van der Waals surface area (Å²) in [7, 11) is 0. The van der Waals surface area contributed by atoms with Crippen LogP contribution in [0.15, 0.2) is 42.6 Å². The van der Waals surface area contributed by atoms with Crippen molar-refractivity contribution in [2.24, 2.45) is 0 Å². The average molecular weight is 325 g/mol. The zero-order chi connectivity index (χ0) is 16.9. The number of carbonyl (C=O) groups excluding carboxylic acids is 1. The van der Waals surface area contributed by atoms with E-state index in [1.54, 1.807) is 0 Å². The van der Waals surface area contributed by atoms with E-state index in [2.05, 4.69) is 15.2 Å². The Hall–Kier alpha value is -2.40. The molecular weight excluding hydrogens is 302 g/mol. The number of pyridine rings is 1. The van der Waals surface area contributed by atoms with Crippen LogP contribution in [0.3, 0.4) is 0 Å². The normalized spacial score (nSPS) is 15.8. The molecule has 1 atom stereocenters. The third-order valence-electron chi connectivity index (χ3n) is 4.28. The van der Waals surface area contributed by atoms with Crippen LogP contribution in [0.4, 0.5) is 5.69 Å². The quantitative estimate of drug-likeness (QED) is 0.939. The van der Waals surface area contributed by atoms with Crippen molar-refractivity contribution in [2.75, 3.05) is 31.2 Å². The van der Waals surface area contributed by atoms with Gasteiger partial charge in [-0.3, -0.25) is 9.78 Å². The summed E-state index contributed by atoms with van der Waals surface area (Å²) in [6, 6.07) is 11.6. The summed E-state index contributed by atoms with van der Waals surface area (Å²) < 4.78 is 5.40. The maximum atomic E-state index is 12.8. The van der Waals surface area contributed by atoms with Crippen molar-refractivity contribution in [3.63, 3.8) is 0 Å². The molecule has 1 fully saturated rings. The van der Waals surface area contributed by atoms with E-state index in [-0.39, 0.29) is 11.9 Å². The van der Waals surface area contributed by atoms with Gasteiger partial charge in [0.1, 0.15) is 0 Å². The lowest BCUT2D eigenvalue weighted by molar-refractivity contribution is 0.0938. The highest BCUT2D eigenvalue weighted by Crippen LogP contribution is 2.22. The van der Waals surface area contributed by atoms with Crippen LogP contribution < -0.4 is 10.2 Å². The van der Waals surface area contributed by atoms with E-state index in [9.17, 15) is 4.79 Å². The SMILES string of the molecule is Cc1ccc([C@@H](C)NC(=O)c2ccccc2N2CCOCC2)cn1. The number of amides is 1. The van der Waals surface area contributed by atoms with Gasteiger partial charge in [-0.2, -0.15) is 0 Å². The number of hydrogen-bond donors (Lipinski definition) is 1. The lowest BCUT2D eigenvalue weighted by Gasteiger charge is -2.30. The van der Waals surface area contributed by atoms with Crippen molar-refractivity contribution < 1.29 is 9.53 Å². The zero-order valence-corrected chi connectivity index (χ0v) is 14.2. The lowest BCUT2D eigenvalue weighted by atomic mass is 10.1. The molecule has 2 aromatic rings. The van der Waals surface area contributed by atoms with E-state index < -0.39 is 0 Å². The Kier molecular flexibility index (Phi) is 5.11. The Labute approximate surface area is 142 Å². The minimum atomic E-state index is -0.0941. The van der Waals surface area contributed by atoms with Gasteiger partial charge in [-0.1, -0.05) is 18.2 Å². The first-order chi connectivity index (χ1) is 11.6. The molecule has 1 amide bonds. The number of nitrogens with one attached hydrogen (secondary N) is 1. The second-order valence-electron chi connectivity index (χ2n) is 6.04. The number of benzene rings is 1. The third-order valence-corrected chi connectivity index (χ3v) is 4.28. The number of anilines is 1. The van der Waals surface area contributed by atoms with Gasteiger partial charge in [-0.15, -0.1) is 0 Å². The van der Waals surface area contributed by atoms with Crippen LogP contribution in [-0.4, -0.2) is 37.2 Å². The number of aromatic nitrogens is 1. The molecular formula is C19H23N3O2. The van der Waals surface area contributed by atoms with Crippen molar-refractivity contribution >= 4 is 11.6 Å². The lowest BCUT2D eigenvalue weighted by Crippen LogP contribution is -2.38. The molecule has 1 aromatic carbocycles.